The molecule has 0 saturated heterocycles. The van der Waals surface area contributed by atoms with Gasteiger partial charge in [-0.25, -0.2) is 4.98 Å². The van der Waals surface area contributed by atoms with Crippen molar-refractivity contribution in [2.75, 3.05) is 6.54 Å². The molecule has 1 atom stereocenters. The van der Waals surface area contributed by atoms with Gasteiger partial charge in [0.25, 0.3) is 0 Å². The smallest absolute Gasteiger partial charge is 0.107 e. The van der Waals surface area contributed by atoms with E-state index in [0.717, 1.165) is 47.1 Å². The monoisotopic (exact) mass is 337 g/mol. The lowest BCUT2D eigenvalue weighted by molar-refractivity contribution is 0.214. The van der Waals surface area contributed by atoms with Gasteiger partial charge < -0.3 is 10.7 Å². The largest absolute Gasteiger partial charge is 0.342 e. The minimum atomic E-state index is 0.300. The molecule has 2 aromatic rings. The summed E-state index contributed by atoms with van der Waals surface area (Å²) in [6, 6.07) is 6.15. The zero-order valence-electron chi connectivity index (χ0n) is 12.5. The number of hydrogen-bond donors (Lipinski definition) is 2. The lowest BCUT2D eigenvalue weighted by Gasteiger charge is -2.30. The molecule has 0 radical (unpaired) electrons. The van der Waals surface area contributed by atoms with E-state index in [2.05, 4.69) is 52.7 Å². The Morgan fingerprint density at radius 1 is 1.30 bits per heavy atom. The number of nitrogens with one attached hydrogen (secondary N) is 1. The van der Waals surface area contributed by atoms with E-state index in [-0.39, 0.29) is 0 Å². The third-order valence-corrected chi connectivity index (χ3v) is 4.46. The summed E-state index contributed by atoms with van der Waals surface area (Å²) in [5.74, 6) is 1.71. The van der Waals surface area contributed by atoms with Crippen molar-refractivity contribution < 1.29 is 0 Å². The predicted molar refractivity (Wildman–Crippen MR) is 88.7 cm³/mol. The predicted octanol–water partition coefficient (Wildman–Crippen LogP) is 4.27. The first-order chi connectivity index (χ1) is 9.40. The van der Waals surface area contributed by atoms with Gasteiger partial charge in [-0.05, 0) is 48.9 Å². The Balaban J connectivity index is 2.07. The summed E-state index contributed by atoms with van der Waals surface area (Å²) in [4.78, 5) is 8.07. The third-order valence-electron chi connectivity index (χ3n) is 3.96. The van der Waals surface area contributed by atoms with E-state index in [1.165, 1.54) is 0 Å². The number of aryl methyl sites for hydroxylation is 1. The van der Waals surface area contributed by atoms with Gasteiger partial charge in [-0.15, -0.1) is 0 Å². The fourth-order valence-corrected chi connectivity index (χ4v) is 3.04. The molecular formula is C16H24BrN3. The van der Waals surface area contributed by atoms with Crippen molar-refractivity contribution in [2.24, 2.45) is 17.1 Å². The normalized spacial score (nSPS) is 13.8. The van der Waals surface area contributed by atoms with Gasteiger partial charge in [-0.1, -0.05) is 36.7 Å². The molecule has 0 spiro atoms. The molecule has 2 rings (SSSR count). The maximum absolute atomic E-state index is 5.74. The van der Waals surface area contributed by atoms with Gasteiger partial charge >= 0.3 is 0 Å². The topological polar surface area (TPSA) is 54.7 Å². The number of nitrogens with zero attached hydrogens (tertiary/aromatic N) is 1. The number of imidazole rings is 1. The van der Waals surface area contributed by atoms with E-state index in [1.54, 1.807) is 0 Å². The SMILES string of the molecule is CC(C)(C)C(CCN)CCc1nc2ccc(Br)cc2[nH]1. The Kier molecular flexibility index (Phi) is 4.86. The molecule has 0 amide bonds. The summed E-state index contributed by atoms with van der Waals surface area (Å²) in [7, 11) is 0. The van der Waals surface area contributed by atoms with Crippen LogP contribution in [0.1, 0.15) is 39.4 Å². The second-order valence-electron chi connectivity index (χ2n) is 6.52. The number of aromatic amines is 1. The van der Waals surface area contributed by atoms with Gasteiger partial charge in [-0.3, -0.25) is 0 Å². The number of nitrogens with two attached hydrogens (primary N) is 1. The van der Waals surface area contributed by atoms with E-state index >= 15 is 0 Å². The molecule has 1 aromatic carbocycles. The number of aromatic nitrogens is 2. The van der Waals surface area contributed by atoms with Crippen molar-refractivity contribution in [1.82, 2.24) is 9.97 Å². The van der Waals surface area contributed by atoms with Crippen molar-refractivity contribution in [3.05, 3.63) is 28.5 Å². The van der Waals surface area contributed by atoms with Crippen molar-refractivity contribution in [3.8, 4) is 0 Å². The Bertz CT molecular complexity index is 569. The van der Waals surface area contributed by atoms with Crippen LogP contribution in [0.2, 0.25) is 0 Å². The van der Waals surface area contributed by atoms with E-state index in [9.17, 15) is 0 Å². The van der Waals surface area contributed by atoms with Crippen molar-refractivity contribution in [1.29, 1.82) is 0 Å². The fourth-order valence-electron chi connectivity index (χ4n) is 2.68. The molecule has 1 unspecified atom stereocenters. The van der Waals surface area contributed by atoms with Crippen LogP contribution in [0.15, 0.2) is 22.7 Å². The number of fused-ring (bicyclic) bond motifs is 1. The quantitative estimate of drug-likeness (QED) is 0.855. The van der Waals surface area contributed by atoms with Gasteiger partial charge in [0.2, 0.25) is 0 Å². The maximum atomic E-state index is 5.74. The third kappa shape index (κ3) is 3.83. The van der Waals surface area contributed by atoms with E-state index in [4.69, 9.17) is 5.73 Å². The highest BCUT2D eigenvalue weighted by atomic mass is 79.9. The molecular weight excluding hydrogens is 314 g/mol. The van der Waals surface area contributed by atoms with Crippen LogP contribution in [0.4, 0.5) is 0 Å². The Morgan fingerprint density at radius 2 is 2.05 bits per heavy atom. The molecule has 4 heteroatoms. The summed E-state index contributed by atoms with van der Waals surface area (Å²) >= 11 is 3.49. The van der Waals surface area contributed by atoms with Gasteiger partial charge in [0.05, 0.1) is 11.0 Å². The lowest BCUT2D eigenvalue weighted by atomic mass is 9.76. The highest BCUT2D eigenvalue weighted by Gasteiger charge is 2.23. The zero-order valence-corrected chi connectivity index (χ0v) is 14.1. The maximum Gasteiger partial charge on any atom is 0.107 e. The lowest BCUT2D eigenvalue weighted by Crippen LogP contribution is -2.24. The minimum absolute atomic E-state index is 0.300. The van der Waals surface area contributed by atoms with Crippen LogP contribution in [0.3, 0.4) is 0 Å². The average Bonchev–Trinajstić information content (AvgIpc) is 2.74. The molecule has 0 aliphatic rings. The highest BCUT2D eigenvalue weighted by molar-refractivity contribution is 9.10. The van der Waals surface area contributed by atoms with Gasteiger partial charge in [0.1, 0.15) is 5.82 Å². The van der Waals surface area contributed by atoms with Crippen LogP contribution in [-0.2, 0) is 6.42 Å². The first-order valence-electron chi connectivity index (χ1n) is 7.24. The molecule has 0 bridgehead atoms. The molecule has 0 fully saturated rings. The zero-order chi connectivity index (χ0) is 14.8. The van der Waals surface area contributed by atoms with E-state index in [1.807, 2.05) is 12.1 Å². The fraction of sp³-hybridized carbons (Fsp3) is 0.562. The number of rotatable bonds is 5. The second kappa shape index (κ2) is 6.27. The first-order valence-corrected chi connectivity index (χ1v) is 8.03. The molecule has 3 N–H and O–H groups in total. The Morgan fingerprint density at radius 3 is 2.70 bits per heavy atom. The van der Waals surface area contributed by atoms with Crippen LogP contribution in [0.5, 0.6) is 0 Å². The van der Waals surface area contributed by atoms with Crippen molar-refractivity contribution in [3.63, 3.8) is 0 Å². The van der Waals surface area contributed by atoms with Crippen LogP contribution < -0.4 is 5.73 Å². The van der Waals surface area contributed by atoms with Crippen LogP contribution in [0.25, 0.3) is 11.0 Å². The van der Waals surface area contributed by atoms with Gasteiger partial charge in [0, 0.05) is 10.9 Å². The number of benzene rings is 1. The molecule has 1 heterocycles. The number of hydrogen-bond acceptors (Lipinski definition) is 2. The summed E-state index contributed by atoms with van der Waals surface area (Å²) < 4.78 is 1.08. The van der Waals surface area contributed by atoms with Gasteiger partial charge in [-0.2, -0.15) is 0 Å². The Labute approximate surface area is 129 Å². The standard InChI is InChI=1S/C16H24BrN3/c1-16(2,3)11(8-9-18)4-7-15-19-13-6-5-12(17)10-14(13)20-15/h5-6,10-11H,4,7-9,18H2,1-3H3,(H,19,20). The molecule has 0 saturated carbocycles. The van der Waals surface area contributed by atoms with Crippen LogP contribution in [-0.4, -0.2) is 16.5 Å². The summed E-state index contributed by atoms with van der Waals surface area (Å²) in [5.41, 5.74) is 8.18. The van der Waals surface area contributed by atoms with E-state index in [0.29, 0.717) is 11.3 Å². The molecule has 110 valence electrons. The highest BCUT2D eigenvalue weighted by Crippen LogP contribution is 2.32. The molecule has 0 aliphatic carbocycles. The van der Waals surface area contributed by atoms with Gasteiger partial charge in [0.15, 0.2) is 0 Å². The molecule has 20 heavy (non-hydrogen) atoms. The summed E-state index contributed by atoms with van der Waals surface area (Å²) in [6.45, 7) is 7.64. The van der Waals surface area contributed by atoms with Crippen molar-refractivity contribution >= 4 is 27.0 Å². The number of H-pyrrole nitrogens is 1. The second-order valence-corrected chi connectivity index (χ2v) is 7.44. The van der Waals surface area contributed by atoms with Crippen LogP contribution in [0, 0.1) is 11.3 Å². The molecule has 1 aromatic heterocycles. The Hall–Kier alpha value is -0.870. The minimum Gasteiger partial charge on any atom is -0.342 e. The number of halogens is 1. The summed E-state index contributed by atoms with van der Waals surface area (Å²) in [6.07, 6.45) is 3.19. The van der Waals surface area contributed by atoms with E-state index < -0.39 is 0 Å². The van der Waals surface area contributed by atoms with Crippen molar-refractivity contribution in [2.45, 2.75) is 40.0 Å². The molecule has 3 nitrogen and oxygen atoms in total. The average molecular weight is 338 g/mol. The molecule has 0 aliphatic heterocycles. The summed E-state index contributed by atoms with van der Waals surface area (Å²) in [5, 5.41) is 0. The van der Waals surface area contributed by atoms with Crippen LogP contribution >= 0.6 is 15.9 Å². The first kappa shape index (κ1) is 15.5.